The van der Waals surface area contributed by atoms with Crippen LogP contribution < -0.4 is 10.2 Å². The zero-order valence-electron chi connectivity index (χ0n) is 13.2. The molecule has 21 heavy (non-hydrogen) atoms. The fourth-order valence-electron chi connectivity index (χ4n) is 2.49. The minimum absolute atomic E-state index is 0.392. The van der Waals surface area contributed by atoms with E-state index >= 15 is 0 Å². The quantitative estimate of drug-likeness (QED) is 0.830. The molecule has 1 atom stereocenters. The van der Waals surface area contributed by atoms with E-state index < -0.39 is 0 Å². The Hall–Kier alpha value is -1.48. The maximum absolute atomic E-state index is 3.59. The van der Waals surface area contributed by atoms with Gasteiger partial charge in [0.1, 0.15) is 0 Å². The maximum Gasteiger partial charge on any atom is 0.0411 e. The van der Waals surface area contributed by atoms with Gasteiger partial charge >= 0.3 is 0 Å². The highest BCUT2D eigenvalue weighted by Gasteiger charge is 2.06. The molecule has 0 bridgehead atoms. The smallest absolute Gasteiger partial charge is 0.0411 e. The Morgan fingerprint density at radius 2 is 1.76 bits per heavy atom. The molecule has 0 amide bonds. The SMILES string of the molecule is Cc1ccc(NC(C)Cc2ccc(Br)cc2)cc1N(C)C. The van der Waals surface area contributed by atoms with Gasteiger partial charge in [0, 0.05) is 36.0 Å². The molecular formula is C18H23BrN2. The summed E-state index contributed by atoms with van der Waals surface area (Å²) in [4.78, 5) is 2.15. The number of nitrogens with one attached hydrogen (secondary N) is 1. The average molecular weight is 347 g/mol. The zero-order valence-corrected chi connectivity index (χ0v) is 14.7. The lowest BCUT2D eigenvalue weighted by atomic mass is 10.1. The van der Waals surface area contributed by atoms with Crippen LogP contribution in [0, 0.1) is 6.92 Å². The number of benzene rings is 2. The van der Waals surface area contributed by atoms with Crippen molar-refractivity contribution in [3.8, 4) is 0 Å². The molecule has 0 saturated carbocycles. The van der Waals surface area contributed by atoms with Gasteiger partial charge in [0.2, 0.25) is 0 Å². The monoisotopic (exact) mass is 346 g/mol. The van der Waals surface area contributed by atoms with E-state index in [1.165, 1.54) is 22.5 Å². The number of hydrogen-bond donors (Lipinski definition) is 1. The van der Waals surface area contributed by atoms with Crippen LogP contribution in [0.15, 0.2) is 46.9 Å². The van der Waals surface area contributed by atoms with E-state index in [0.717, 1.165) is 10.9 Å². The highest BCUT2D eigenvalue weighted by molar-refractivity contribution is 9.10. The van der Waals surface area contributed by atoms with Crippen LogP contribution in [0.4, 0.5) is 11.4 Å². The molecule has 2 aromatic carbocycles. The van der Waals surface area contributed by atoms with Crippen LogP contribution in [0.25, 0.3) is 0 Å². The van der Waals surface area contributed by atoms with Crippen molar-refractivity contribution in [1.29, 1.82) is 0 Å². The number of aryl methyl sites for hydroxylation is 1. The first kappa shape index (κ1) is 15.9. The lowest BCUT2D eigenvalue weighted by Gasteiger charge is -2.20. The van der Waals surface area contributed by atoms with Gasteiger partial charge in [-0.15, -0.1) is 0 Å². The van der Waals surface area contributed by atoms with E-state index in [-0.39, 0.29) is 0 Å². The Balaban J connectivity index is 2.04. The molecule has 0 fully saturated rings. The molecule has 3 heteroatoms. The molecule has 112 valence electrons. The minimum atomic E-state index is 0.392. The molecule has 0 aliphatic carbocycles. The van der Waals surface area contributed by atoms with Crippen LogP contribution in [0.2, 0.25) is 0 Å². The molecule has 2 nitrogen and oxygen atoms in total. The van der Waals surface area contributed by atoms with Crippen molar-refractivity contribution >= 4 is 27.3 Å². The highest BCUT2D eigenvalue weighted by Crippen LogP contribution is 2.23. The molecule has 0 spiro atoms. The topological polar surface area (TPSA) is 15.3 Å². The van der Waals surface area contributed by atoms with E-state index in [9.17, 15) is 0 Å². The molecule has 1 N–H and O–H groups in total. The third-order valence-corrected chi connectivity index (χ3v) is 4.09. The third kappa shape index (κ3) is 4.50. The van der Waals surface area contributed by atoms with Gasteiger partial charge in [0.15, 0.2) is 0 Å². The van der Waals surface area contributed by atoms with Gasteiger partial charge in [-0.05, 0) is 55.7 Å². The fraction of sp³-hybridized carbons (Fsp3) is 0.333. The summed E-state index contributed by atoms with van der Waals surface area (Å²) in [5.74, 6) is 0. The Labute approximate surface area is 136 Å². The number of nitrogens with zero attached hydrogens (tertiary/aromatic N) is 1. The van der Waals surface area contributed by atoms with Gasteiger partial charge in [-0.1, -0.05) is 34.1 Å². The zero-order chi connectivity index (χ0) is 15.4. The second-order valence-corrected chi connectivity index (χ2v) is 6.69. The third-order valence-electron chi connectivity index (χ3n) is 3.56. The molecule has 2 aromatic rings. The molecule has 0 heterocycles. The van der Waals surface area contributed by atoms with Gasteiger partial charge < -0.3 is 10.2 Å². The van der Waals surface area contributed by atoms with Crippen LogP contribution in [0.5, 0.6) is 0 Å². The number of halogens is 1. The summed E-state index contributed by atoms with van der Waals surface area (Å²) < 4.78 is 1.13. The van der Waals surface area contributed by atoms with Crippen molar-refractivity contribution in [3.63, 3.8) is 0 Å². The maximum atomic E-state index is 3.59. The predicted molar refractivity (Wildman–Crippen MR) is 96.4 cm³/mol. The molecule has 0 aliphatic rings. The fourth-order valence-corrected chi connectivity index (χ4v) is 2.75. The van der Waals surface area contributed by atoms with Crippen molar-refractivity contribution in [2.24, 2.45) is 0 Å². The van der Waals surface area contributed by atoms with Crippen molar-refractivity contribution in [3.05, 3.63) is 58.1 Å². The van der Waals surface area contributed by atoms with Gasteiger partial charge in [0.05, 0.1) is 0 Å². The molecule has 2 rings (SSSR count). The van der Waals surface area contributed by atoms with Gasteiger partial charge in [-0.25, -0.2) is 0 Å². The summed E-state index contributed by atoms with van der Waals surface area (Å²) in [6.45, 7) is 4.36. The summed E-state index contributed by atoms with van der Waals surface area (Å²) in [7, 11) is 4.16. The number of anilines is 2. The summed E-state index contributed by atoms with van der Waals surface area (Å²) in [6, 6.07) is 15.5. The summed E-state index contributed by atoms with van der Waals surface area (Å²) in [6.07, 6.45) is 1.01. The van der Waals surface area contributed by atoms with E-state index in [1.807, 2.05) is 0 Å². The van der Waals surface area contributed by atoms with Crippen LogP contribution in [-0.2, 0) is 6.42 Å². The summed E-state index contributed by atoms with van der Waals surface area (Å²) in [5, 5.41) is 3.59. The van der Waals surface area contributed by atoms with E-state index in [0.29, 0.717) is 6.04 Å². The van der Waals surface area contributed by atoms with Crippen LogP contribution in [0.1, 0.15) is 18.1 Å². The Kier molecular flexibility index (Phi) is 5.29. The Morgan fingerprint density at radius 3 is 2.38 bits per heavy atom. The second kappa shape index (κ2) is 6.99. The van der Waals surface area contributed by atoms with Crippen molar-refractivity contribution in [2.45, 2.75) is 26.3 Å². The van der Waals surface area contributed by atoms with Gasteiger partial charge in [-0.2, -0.15) is 0 Å². The van der Waals surface area contributed by atoms with Crippen LogP contribution in [-0.4, -0.2) is 20.1 Å². The predicted octanol–water partition coefficient (Wildman–Crippen LogP) is 4.87. The largest absolute Gasteiger partial charge is 0.382 e. The lowest BCUT2D eigenvalue weighted by molar-refractivity contribution is 0.790. The Morgan fingerprint density at radius 1 is 1.10 bits per heavy atom. The van der Waals surface area contributed by atoms with E-state index in [1.54, 1.807) is 0 Å². The number of rotatable bonds is 5. The van der Waals surface area contributed by atoms with Gasteiger partial charge in [-0.3, -0.25) is 0 Å². The van der Waals surface area contributed by atoms with Crippen molar-refractivity contribution in [2.75, 3.05) is 24.3 Å². The first-order valence-electron chi connectivity index (χ1n) is 7.24. The average Bonchev–Trinajstić information content (AvgIpc) is 2.43. The van der Waals surface area contributed by atoms with Crippen molar-refractivity contribution < 1.29 is 0 Å². The highest BCUT2D eigenvalue weighted by atomic mass is 79.9. The number of hydrogen-bond acceptors (Lipinski definition) is 2. The molecule has 0 aliphatic heterocycles. The Bertz CT molecular complexity index is 591. The van der Waals surface area contributed by atoms with Crippen LogP contribution >= 0.6 is 15.9 Å². The first-order valence-corrected chi connectivity index (χ1v) is 8.04. The molecule has 0 aromatic heterocycles. The van der Waals surface area contributed by atoms with Crippen molar-refractivity contribution in [1.82, 2.24) is 0 Å². The molecule has 0 radical (unpaired) electrons. The molecular weight excluding hydrogens is 324 g/mol. The first-order chi connectivity index (χ1) is 9.95. The van der Waals surface area contributed by atoms with E-state index in [4.69, 9.17) is 0 Å². The molecule has 1 unspecified atom stereocenters. The summed E-state index contributed by atoms with van der Waals surface area (Å²) >= 11 is 3.47. The minimum Gasteiger partial charge on any atom is -0.382 e. The lowest BCUT2D eigenvalue weighted by Crippen LogP contribution is -2.18. The van der Waals surface area contributed by atoms with Gasteiger partial charge in [0.25, 0.3) is 0 Å². The normalized spacial score (nSPS) is 12.0. The summed E-state index contributed by atoms with van der Waals surface area (Å²) in [5.41, 5.74) is 5.08. The second-order valence-electron chi connectivity index (χ2n) is 5.77. The standard InChI is InChI=1S/C18H23BrN2/c1-13-5-10-17(12-18(13)21(3)4)20-14(2)11-15-6-8-16(19)9-7-15/h5-10,12,14,20H,11H2,1-4H3. The van der Waals surface area contributed by atoms with E-state index in [2.05, 4.69) is 96.6 Å². The van der Waals surface area contributed by atoms with Crippen LogP contribution in [0.3, 0.4) is 0 Å². The molecule has 0 saturated heterocycles.